The average Bonchev–Trinajstić information content (AvgIpc) is 2.99. The second-order valence-electron chi connectivity index (χ2n) is 9.70. The van der Waals surface area contributed by atoms with Crippen LogP contribution in [-0.2, 0) is 25.8 Å². The number of nitrogens with zero attached hydrogens (tertiary/aromatic N) is 2. The van der Waals surface area contributed by atoms with Crippen molar-refractivity contribution in [3.8, 4) is 5.75 Å². The predicted octanol–water partition coefficient (Wildman–Crippen LogP) is 6.68. The summed E-state index contributed by atoms with van der Waals surface area (Å²) in [5.74, 6) is -0.955. The number of rotatable bonds is 11. The molecule has 0 saturated carbocycles. The zero-order valence-corrected chi connectivity index (χ0v) is 26.2. The van der Waals surface area contributed by atoms with Gasteiger partial charge in [0.15, 0.2) is 6.61 Å². The van der Waals surface area contributed by atoms with Gasteiger partial charge in [-0.15, -0.1) is 0 Å². The molecule has 0 aromatic heterocycles. The normalized spacial score (nSPS) is 11.7. The quantitative estimate of drug-likeness (QED) is 0.134. The fourth-order valence-electron chi connectivity index (χ4n) is 3.95. The van der Waals surface area contributed by atoms with Crippen molar-refractivity contribution in [3.05, 3.63) is 118 Å². The molecule has 240 valence electrons. The molecule has 0 heterocycles. The molecule has 0 atom stereocenters. The molecule has 0 spiro atoms. The van der Waals surface area contributed by atoms with Gasteiger partial charge in [-0.05, 0) is 85.3 Å². The number of amides is 2. The van der Waals surface area contributed by atoms with Crippen LogP contribution in [0.2, 0.25) is 10.0 Å². The fraction of sp³-hybridized carbons (Fsp3) is 0.129. The van der Waals surface area contributed by atoms with E-state index in [1.807, 2.05) is 0 Å². The highest BCUT2D eigenvalue weighted by atomic mass is 35.5. The molecule has 0 aliphatic heterocycles. The highest BCUT2D eigenvalue weighted by Crippen LogP contribution is 2.38. The summed E-state index contributed by atoms with van der Waals surface area (Å²) in [6, 6.07) is 21.1. The van der Waals surface area contributed by atoms with Crippen LogP contribution in [0.15, 0.2) is 101 Å². The molecule has 46 heavy (non-hydrogen) atoms. The van der Waals surface area contributed by atoms with Gasteiger partial charge in [-0.25, -0.2) is 13.8 Å². The first-order chi connectivity index (χ1) is 21.7. The Balaban J connectivity index is 1.42. The molecule has 2 amide bonds. The third-order valence-electron chi connectivity index (χ3n) is 6.20. The number of aryl methyl sites for hydroxylation is 1. The molecule has 15 heteroatoms. The minimum atomic E-state index is -4.87. The van der Waals surface area contributed by atoms with Crippen molar-refractivity contribution in [2.45, 2.75) is 18.0 Å². The first kappa shape index (κ1) is 34.3. The molecule has 9 nitrogen and oxygen atoms in total. The topological polar surface area (TPSA) is 117 Å². The number of nitrogens with one attached hydrogen (secondary N) is 2. The summed E-state index contributed by atoms with van der Waals surface area (Å²) in [4.78, 5) is 24.7. The Bertz CT molecular complexity index is 1850. The standard InChI is InChI=1S/C31H25Cl2F3N4O5S/c1-20-5-12-26(13-6-20)46(43,44)40(24-9-14-28(33)27(16-24)31(34,35)36)18-29(41)39-37-17-21-7-10-25(11-8-21)45-19-30(42)38-23-4-2-3-22(32)15-23/h2-17H,18-19H2,1H3,(H,38,42)(H,39,41). The number of hydrogen-bond acceptors (Lipinski definition) is 6. The SMILES string of the molecule is Cc1ccc(S(=O)(=O)N(CC(=O)NN=Cc2ccc(OCC(=O)Nc3cccc(Cl)c3)cc2)c2ccc(Cl)c(C(F)(F)F)c2)cc1. The molecule has 0 radical (unpaired) electrons. The van der Waals surface area contributed by atoms with Gasteiger partial charge in [-0.1, -0.05) is 47.0 Å². The molecule has 0 fully saturated rings. The van der Waals surface area contributed by atoms with E-state index in [0.717, 1.165) is 17.7 Å². The average molecular weight is 694 g/mol. The lowest BCUT2D eigenvalue weighted by molar-refractivity contribution is -0.137. The van der Waals surface area contributed by atoms with Crippen LogP contribution in [-0.4, -0.2) is 39.6 Å². The molecule has 0 saturated heterocycles. The summed E-state index contributed by atoms with van der Waals surface area (Å²) < 4.78 is 73.7. The maximum atomic E-state index is 13.6. The number of carbonyl (C=O) groups excluding carboxylic acids is 2. The molecule has 4 rings (SSSR count). The van der Waals surface area contributed by atoms with Crippen LogP contribution in [0, 0.1) is 6.92 Å². The second-order valence-corrected chi connectivity index (χ2v) is 12.4. The van der Waals surface area contributed by atoms with Crippen molar-refractivity contribution in [3.63, 3.8) is 0 Å². The number of hydrogen-bond donors (Lipinski definition) is 2. The second kappa shape index (κ2) is 14.7. The molecule has 0 unspecified atom stereocenters. The predicted molar refractivity (Wildman–Crippen MR) is 170 cm³/mol. The fourth-order valence-corrected chi connectivity index (χ4v) is 5.77. The zero-order valence-electron chi connectivity index (χ0n) is 23.9. The van der Waals surface area contributed by atoms with Crippen LogP contribution in [0.3, 0.4) is 0 Å². The Hall–Kier alpha value is -4.59. The molecule has 0 aliphatic carbocycles. The Morgan fingerprint density at radius 1 is 0.935 bits per heavy atom. The summed E-state index contributed by atoms with van der Waals surface area (Å²) in [7, 11) is -4.49. The highest BCUT2D eigenvalue weighted by molar-refractivity contribution is 7.92. The lowest BCUT2D eigenvalue weighted by Crippen LogP contribution is -2.39. The van der Waals surface area contributed by atoms with Gasteiger partial charge in [0.2, 0.25) is 0 Å². The van der Waals surface area contributed by atoms with Crippen LogP contribution >= 0.6 is 23.2 Å². The lowest BCUT2D eigenvalue weighted by atomic mass is 10.2. The molecular formula is C31H25Cl2F3N4O5S. The smallest absolute Gasteiger partial charge is 0.417 e. The van der Waals surface area contributed by atoms with E-state index in [2.05, 4.69) is 15.8 Å². The van der Waals surface area contributed by atoms with Crippen molar-refractivity contribution < 1.29 is 35.9 Å². The summed E-state index contributed by atoms with van der Waals surface area (Å²) in [6.07, 6.45) is -3.61. The Morgan fingerprint density at radius 3 is 2.28 bits per heavy atom. The van der Waals surface area contributed by atoms with E-state index in [-0.39, 0.29) is 11.5 Å². The van der Waals surface area contributed by atoms with Crippen molar-refractivity contribution >= 4 is 62.6 Å². The van der Waals surface area contributed by atoms with E-state index in [0.29, 0.717) is 32.4 Å². The van der Waals surface area contributed by atoms with E-state index in [9.17, 15) is 31.2 Å². The Morgan fingerprint density at radius 2 is 1.63 bits per heavy atom. The maximum Gasteiger partial charge on any atom is 0.417 e. The van der Waals surface area contributed by atoms with E-state index in [4.69, 9.17) is 27.9 Å². The Labute approximate surface area is 272 Å². The number of carbonyl (C=O) groups is 2. The van der Waals surface area contributed by atoms with Crippen molar-refractivity contribution in [1.29, 1.82) is 0 Å². The molecule has 0 bridgehead atoms. The molecule has 4 aromatic carbocycles. The van der Waals surface area contributed by atoms with E-state index < -0.39 is 50.8 Å². The van der Waals surface area contributed by atoms with E-state index >= 15 is 0 Å². The third-order valence-corrected chi connectivity index (χ3v) is 8.55. The van der Waals surface area contributed by atoms with E-state index in [1.165, 1.54) is 30.5 Å². The number of anilines is 2. The summed E-state index contributed by atoms with van der Waals surface area (Å²) in [5, 5.41) is 6.31. The van der Waals surface area contributed by atoms with E-state index in [1.54, 1.807) is 55.5 Å². The zero-order chi connectivity index (χ0) is 33.5. The van der Waals surface area contributed by atoms with Crippen LogP contribution in [0.4, 0.5) is 24.5 Å². The van der Waals surface area contributed by atoms with Crippen LogP contribution in [0.5, 0.6) is 5.75 Å². The number of ether oxygens (including phenoxy) is 1. The van der Waals surface area contributed by atoms with Crippen LogP contribution in [0.1, 0.15) is 16.7 Å². The van der Waals surface area contributed by atoms with Gasteiger partial charge in [-0.3, -0.25) is 13.9 Å². The largest absolute Gasteiger partial charge is 0.484 e. The van der Waals surface area contributed by atoms with Crippen molar-refractivity contribution in [2.24, 2.45) is 5.10 Å². The molecule has 0 aliphatic rings. The monoisotopic (exact) mass is 692 g/mol. The van der Waals surface area contributed by atoms with Crippen LogP contribution < -0.4 is 19.8 Å². The van der Waals surface area contributed by atoms with Gasteiger partial charge in [0.25, 0.3) is 21.8 Å². The van der Waals surface area contributed by atoms with Gasteiger partial charge >= 0.3 is 6.18 Å². The molecule has 2 N–H and O–H groups in total. The summed E-state index contributed by atoms with van der Waals surface area (Å²) in [6.45, 7) is 0.574. The van der Waals surface area contributed by atoms with Crippen molar-refractivity contribution in [1.82, 2.24) is 5.43 Å². The van der Waals surface area contributed by atoms with Crippen LogP contribution in [0.25, 0.3) is 0 Å². The third kappa shape index (κ3) is 9.22. The Kier molecular flexibility index (Phi) is 10.9. The number of benzene rings is 4. The minimum Gasteiger partial charge on any atom is -0.484 e. The number of halogens is 5. The first-order valence-electron chi connectivity index (χ1n) is 13.3. The summed E-state index contributed by atoms with van der Waals surface area (Å²) >= 11 is 11.6. The minimum absolute atomic E-state index is 0.234. The van der Waals surface area contributed by atoms with Gasteiger partial charge in [0.1, 0.15) is 12.3 Å². The molecular weight excluding hydrogens is 668 g/mol. The highest BCUT2D eigenvalue weighted by Gasteiger charge is 2.35. The van der Waals surface area contributed by atoms with Gasteiger partial charge in [-0.2, -0.15) is 18.3 Å². The van der Waals surface area contributed by atoms with Gasteiger partial charge in [0, 0.05) is 10.7 Å². The number of alkyl halides is 3. The van der Waals surface area contributed by atoms with Gasteiger partial charge < -0.3 is 10.1 Å². The maximum absolute atomic E-state index is 13.6. The van der Waals surface area contributed by atoms with Crippen molar-refractivity contribution in [2.75, 3.05) is 22.8 Å². The lowest BCUT2D eigenvalue weighted by Gasteiger charge is -2.25. The summed E-state index contributed by atoms with van der Waals surface area (Å²) in [5.41, 5.74) is 2.28. The number of hydrazone groups is 1. The molecule has 4 aromatic rings. The number of sulfonamides is 1. The first-order valence-corrected chi connectivity index (χ1v) is 15.5. The van der Waals surface area contributed by atoms with Gasteiger partial charge in [0.05, 0.1) is 27.4 Å².